The molecule has 3 aromatic carbocycles. The Hall–Kier alpha value is -3.47. The Morgan fingerprint density at radius 3 is 2.28 bits per heavy atom. The van der Waals surface area contributed by atoms with Crippen molar-refractivity contribution >= 4 is 11.8 Å². The standard InChI is InChI=1S/C24H21FN2O2/c25-19-12-13-20-18(15-19)11-14-21(20)27(24(29)17-9-5-2-6-10-17)22(23(26)28)16-7-3-1-4-8-16/h1-10,12-13,15,21-22H,11,14H2,(H2,26,28)/t21-,22+/m1/s1. The maximum absolute atomic E-state index is 13.7. The second-order valence-electron chi connectivity index (χ2n) is 7.19. The number of fused-ring (bicyclic) bond motifs is 1. The average Bonchev–Trinajstić information content (AvgIpc) is 3.15. The van der Waals surface area contributed by atoms with Crippen molar-refractivity contribution in [3.05, 3.63) is 107 Å². The molecule has 146 valence electrons. The zero-order chi connectivity index (χ0) is 20.4. The van der Waals surface area contributed by atoms with Crippen molar-refractivity contribution in [3.8, 4) is 0 Å². The molecule has 4 rings (SSSR count). The van der Waals surface area contributed by atoms with Gasteiger partial charge in [0, 0.05) is 5.56 Å². The maximum atomic E-state index is 13.7. The molecule has 5 heteroatoms. The molecule has 29 heavy (non-hydrogen) atoms. The summed E-state index contributed by atoms with van der Waals surface area (Å²) in [5.74, 6) is -1.18. The SMILES string of the molecule is NC(=O)[C@H](c1ccccc1)N(C(=O)c1ccccc1)[C@@H]1CCc2cc(F)ccc21. The van der Waals surface area contributed by atoms with Crippen LogP contribution in [0.2, 0.25) is 0 Å². The quantitative estimate of drug-likeness (QED) is 0.713. The minimum atomic E-state index is -0.926. The Morgan fingerprint density at radius 2 is 1.62 bits per heavy atom. The van der Waals surface area contributed by atoms with Crippen molar-refractivity contribution in [2.45, 2.75) is 24.9 Å². The van der Waals surface area contributed by atoms with E-state index < -0.39 is 11.9 Å². The van der Waals surface area contributed by atoms with Gasteiger partial charge < -0.3 is 10.6 Å². The third-order valence-corrected chi connectivity index (χ3v) is 5.41. The van der Waals surface area contributed by atoms with Crippen LogP contribution in [0.5, 0.6) is 0 Å². The normalized spacial score (nSPS) is 16.1. The molecule has 0 saturated carbocycles. The van der Waals surface area contributed by atoms with Gasteiger partial charge in [0.05, 0.1) is 6.04 Å². The highest BCUT2D eigenvalue weighted by Crippen LogP contribution is 2.41. The number of nitrogens with zero attached hydrogens (tertiary/aromatic N) is 1. The summed E-state index contributed by atoms with van der Waals surface area (Å²) in [5, 5.41) is 0. The first-order valence-electron chi connectivity index (χ1n) is 9.56. The van der Waals surface area contributed by atoms with E-state index in [1.54, 1.807) is 47.4 Å². The Bertz CT molecular complexity index is 1040. The number of carbonyl (C=O) groups excluding carboxylic acids is 2. The minimum Gasteiger partial charge on any atom is -0.368 e. The molecule has 0 saturated heterocycles. The summed E-state index contributed by atoms with van der Waals surface area (Å²) in [6.45, 7) is 0. The van der Waals surface area contributed by atoms with E-state index >= 15 is 0 Å². The van der Waals surface area contributed by atoms with Gasteiger partial charge in [-0.2, -0.15) is 0 Å². The van der Waals surface area contributed by atoms with Crippen LogP contribution in [0, 0.1) is 5.82 Å². The monoisotopic (exact) mass is 388 g/mol. The maximum Gasteiger partial charge on any atom is 0.255 e. The summed E-state index contributed by atoms with van der Waals surface area (Å²) in [7, 11) is 0. The largest absolute Gasteiger partial charge is 0.368 e. The molecule has 0 aliphatic heterocycles. The Morgan fingerprint density at radius 1 is 0.966 bits per heavy atom. The Labute approximate surface area is 168 Å². The lowest BCUT2D eigenvalue weighted by Crippen LogP contribution is -2.43. The molecular weight excluding hydrogens is 367 g/mol. The molecule has 0 spiro atoms. The zero-order valence-electron chi connectivity index (χ0n) is 15.8. The van der Waals surface area contributed by atoms with E-state index in [9.17, 15) is 14.0 Å². The summed E-state index contributed by atoms with van der Waals surface area (Å²) in [5.41, 5.74) is 8.65. The predicted octanol–water partition coefficient (Wildman–Crippen LogP) is 4.18. The van der Waals surface area contributed by atoms with Crippen LogP contribution in [0.4, 0.5) is 4.39 Å². The summed E-state index contributed by atoms with van der Waals surface area (Å²) in [4.78, 5) is 27.7. The number of aryl methyl sites for hydroxylation is 1. The fourth-order valence-corrected chi connectivity index (χ4v) is 4.12. The summed E-state index contributed by atoms with van der Waals surface area (Å²) in [6, 6.07) is 21.2. The first kappa shape index (κ1) is 18.9. The zero-order valence-corrected chi connectivity index (χ0v) is 15.8. The number of carbonyl (C=O) groups is 2. The van der Waals surface area contributed by atoms with E-state index in [1.165, 1.54) is 12.1 Å². The molecule has 2 amide bonds. The number of rotatable bonds is 5. The highest BCUT2D eigenvalue weighted by molar-refractivity contribution is 5.98. The number of hydrogen-bond acceptors (Lipinski definition) is 2. The number of amides is 2. The lowest BCUT2D eigenvalue weighted by Gasteiger charge is -2.36. The average molecular weight is 388 g/mol. The Kier molecular flexibility index (Phi) is 5.12. The molecule has 0 radical (unpaired) electrons. The lowest BCUT2D eigenvalue weighted by atomic mass is 9.98. The minimum absolute atomic E-state index is 0.277. The van der Waals surface area contributed by atoms with Crippen LogP contribution in [-0.2, 0) is 11.2 Å². The first-order valence-corrected chi connectivity index (χ1v) is 9.56. The highest BCUT2D eigenvalue weighted by atomic mass is 19.1. The molecule has 2 atom stereocenters. The summed E-state index contributed by atoms with van der Waals surface area (Å²) < 4.78 is 13.7. The molecule has 0 fully saturated rings. The van der Waals surface area contributed by atoms with Gasteiger partial charge in [0.1, 0.15) is 11.9 Å². The van der Waals surface area contributed by atoms with Gasteiger partial charge in [-0.3, -0.25) is 9.59 Å². The van der Waals surface area contributed by atoms with E-state index in [4.69, 9.17) is 5.73 Å². The molecule has 3 aromatic rings. The second-order valence-corrected chi connectivity index (χ2v) is 7.19. The van der Waals surface area contributed by atoms with E-state index in [-0.39, 0.29) is 17.8 Å². The van der Waals surface area contributed by atoms with Gasteiger partial charge in [-0.25, -0.2) is 4.39 Å². The van der Waals surface area contributed by atoms with Crippen LogP contribution in [0.1, 0.15) is 45.6 Å². The third kappa shape index (κ3) is 3.63. The van der Waals surface area contributed by atoms with Crippen molar-refractivity contribution in [1.82, 2.24) is 4.90 Å². The van der Waals surface area contributed by atoms with Gasteiger partial charge in [0.15, 0.2) is 0 Å². The van der Waals surface area contributed by atoms with E-state index in [0.717, 1.165) is 11.1 Å². The molecule has 4 nitrogen and oxygen atoms in total. The van der Waals surface area contributed by atoms with Gasteiger partial charge in [-0.05, 0) is 53.8 Å². The van der Waals surface area contributed by atoms with Gasteiger partial charge in [-0.1, -0.05) is 54.6 Å². The Balaban J connectivity index is 1.84. The fourth-order valence-electron chi connectivity index (χ4n) is 4.12. The van der Waals surface area contributed by atoms with Gasteiger partial charge in [0.2, 0.25) is 5.91 Å². The van der Waals surface area contributed by atoms with E-state index in [1.807, 2.05) is 24.3 Å². The molecule has 0 bridgehead atoms. The van der Waals surface area contributed by atoms with Crippen molar-refractivity contribution < 1.29 is 14.0 Å². The van der Waals surface area contributed by atoms with Gasteiger partial charge in [0.25, 0.3) is 5.91 Å². The number of halogens is 1. The van der Waals surface area contributed by atoms with Gasteiger partial charge in [-0.15, -0.1) is 0 Å². The van der Waals surface area contributed by atoms with Gasteiger partial charge >= 0.3 is 0 Å². The van der Waals surface area contributed by atoms with E-state index in [2.05, 4.69) is 0 Å². The lowest BCUT2D eigenvalue weighted by molar-refractivity contribution is -0.123. The smallest absolute Gasteiger partial charge is 0.255 e. The third-order valence-electron chi connectivity index (χ3n) is 5.41. The number of primary amides is 1. The molecule has 1 aliphatic rings. The van der Waals surface area contributed by atoms with Crippen molar-refractivity contribution in [2.75, 3.05) is 0 Å². The number of benzene rings is 3. The summed E-state index contributed by atoms with van der Waals surface area (Å²) in [6.07, 6.45) is 1.24. The predicted molar refractivity (Wildman–Crippen MR) is 108 cm³/mol. The fraction of sp³-hybridized carbons (Fsp3) is 0.167. The number of nitrogens with two attached hydrogens (primary N) is 1. The second kappa shape index (κ2) is 7.87. The highest BCUT2D eigenvalue weighted by Gasteiger charge is 2.39. The van der Waals surface area contributed by atoms with Crippen LogP contribution in [-0.4, -0.2) is 16.7 Å². The molecule has 1 aliphatic carbocycles. The van der Waals surface area contributed by atoms with Crippen molar-refractivity contribution in [3.63, 3.8) is 0 Å². The first-order chi connectivity index (χ1) is 14.1. The molecule has 0 aromatic heterocycles. The van der Waals surface area contributed by atoms with Crippen LogP contribution in [0.25, 0.3) is 0 Å². The molecule has 0 unspecified atom stereocenters. The van der Waals surface area contributed by atoms with E-state index in [0.29, 0.717) is 24.0 Å². The van der Waals surface area contributed by atoms with Crippen LogP contribution in [0.3, 0.4) is 0 Å². The van der Waals surface area contributed by atoms with Crippen molar-refractivity contribution in [2.24, 2.45) is 5.73 Å². The molecule has 2 N–H and O–H groups in total. The van der Waals surface area contributed by atoms with Crippen LogP contribution < -0.4 is 5.73 Å². The van der Waals surface area contributed by atoms with Crippen LogP contribution >= 0.6 is 0 Å². The molecule has 0 heterocycles. The summed E-state index contributed by atoms with van der Waals surface area (Å²) >= 11 is 0. The molecular formula is C24H21FN2O2. The van der Waals surface area contributed by atoms with Crippen LogP contribution in [0.15, 0.2) is 78.9 Å². The number of hydrogen-bond donors (Lipinski definition) is 1. The topological polar surface area (TPSA) is 63.4 Å². The van der Waals surface area contributed by atoms with Crippen molar-refractivity contribution in [1.29, 1.82) is 0 Å².